The second-order valence-electron chi connectivity index (χ2n) is 1.50. The fraction of sp³-hybridized carbons (Fsp3) is 0.200. The highest BCUT2D eigenvalue weighted by molar-refractivity contribution is 5.07. The zero-order valence-electron chi connectivity index (χ0n) is 4.70. The van der Waals surface area contributed by atoms with Crippen molar-refractivity contribution >= 4 is 0 Å². The van der Waals surface area contributed by atoms with Crippen molar-refractivity contribution in [3.8, 4) is 5.88 Å². The Labute approximate surface area is 54.6 Å². The number of halogens is 3. The molecule has 1 aromatic rings. The second kappa shape index (κ2) is 2.24. The molecular formula is C5H3F3NO. The van der Waals surface area contributed by atoms with Gasteiger partial charge in [-0.3, -0.25) is 0 Å². The van der Waals surface area contributed by atoms with Gasteiger partial charge in [0.05, 0.1) is 0 Å². The zero-order valence-corrected chi connectivity index (χ0v) is 4.70. The topological polar surface area (TPSA) is 25.0 Å². The van der Waals surface area contributed by atoms with Crippen molar-refractivity contribution in [2.24, 2.45) is 0 Å². The maximum Gasteiger partial charge on any atom is 0.574 e. The first-order valence-corrected chi connectivity index (χ1v) is 2.39. The molecule has 0 aromatic carbocycles. The number of alkyl halides is 3. The van der Waals surface area contributed by atoms with Gasteiger partial charge in [-0.25, -0.2) is 0 Å². The van der Waals surface area contributed by atoms with Crippen molar-refractivity contribution < 1.29 is 17.9 Å². The molecule has 55 valence electrons. The average molecular weight is 150 g/mol. The Hall–Kier alpha value is -1.13. The van der Waals surface area contributed by atoms with E-state index in [1.165, 1.54) is 12.3 Å². The van der Waals surface area contributed by atoms with Crippen LogP contribution in [0.2, 0.25) is 0 Å². The molecule has 0 saturated carbocycles. The van der Waals surface area contributed by atoms with Gasteiger partial charge in [0, 0.05) is 12.3 Å². The van der Waals surface area contributed by atoms with Gasteiger partial charge in [0.2, 0.25) is 5.88 Å². The van der Waals surface area contributed by atoms with E-state index in [0.29, 0.717) is 0 Å². The molecule has 10 heavy (non-hydrogen) atoms. The lowest BCUT2D eigenvalue weighted by molar-refractivity contribution is -0.276. The fourth-order valence-corrected chi connectivity index (χ4v) is 0.451. The Balaban J connectivity index is 2.57. The molecule has 0 aliphatic rings. The van der Waals surface area contributed by atoms with Crippen LogP contribution >= 0.6 is 0 Å². The third kappa shape index (κ3) is 2.00. The number of aromatic nitrogens is 1. The van der Waals surface area contributed by atoms with Crippen LogP contribution in [-0.4, -0.2) is 11.3 Å². The summed E-state index contributed by atoms with van der Waals surface area (Å²) in [6, 6.07) is 3.49. The summed E-state index contributed by atoms with van der Waals surface area (Å²) in [4.78, 5) is 2.20. The minimum atomic E-state index is -4.64. The van der Waals surface area contributed by atoms with Crippen LogP contribution in [0, 0.1) is 6.07 Å². The molecule has 0 unspecified atom stereocenters. The van der Waals surface area contributed by atoms with Crippen LogP contribution < -0.4 is 4.74 Å². The number of rotatable bonds is 1. The van der Waals surface area contributed by atoms with E-state index in [4.69, 9.17) is 0 Å². The third-order valence-corrected chi connectivity index (χ3v) is 0.730. The molecule has 0 atom stereocenters. The van der Waals surface area contributed by atoms with Gasteiger partial charge in [0.1, 0.15) is 0 Å². The van der Waals surface area contributed by atoms with Gasteiger partial charge in [-0.1, -0.05) is 0 Å². The zero-order chi connectivity index (χ0) is 7.61. The molecule has 1 radical (unpaired) electrons. The first-order valence-electron chi connectivity index (χ1n) is 2.39. The summed E-state index contributed by atoms with van der Waals surface area (Å²) in [6.07, 6.45) is -3.34. The molecule has 1 aromatic heterocycles. The fourth-order valence-electron chi connectivity index (χ4n) is 0.451. The summed E-state index contributed by atoms with van der Waals surface area (Å²) >= 11 is 0. The molecule has 0 aliphatic heterocycles. The molecule has 1 rings (SSSR count). The molecular weight excluding hydrogens is 147 g/mol. The molecule has 0 aliphatic carbocycles. The van der Waals surface area contributed by atoms with Crippen molar-refractivity contribution in [1.29, 1.82) is 0 Å². The van der Waals surface area contributed by atoms with Crippen LogP contribution in [0.25, 0.3) is 0 Å². The summed E-state index contributed by atoms with van der Waals surface area (Å²) in [5.41, 5.74) is 0. The number of aromatic amines is 1. The van der Waals surface area contributed by atoms with E-state index in [0.717, 1.165) is 0 Å². The van der Waals surface area contributed by atoms with E-state index in [2.05, 4.69) is 15.8 Å². The number of ether oxygens (including phenoxy) is 1. The summed E-state index contributed by atoms with van der Waals surface area (Å²) in [7, 11) is 0. The molecule has 1 N–H and O–H groups in total. The van der Waals surface area contributed by atoms with Crippen molar-refractivity contribution in [2.45, 2.75) is 6.36 Å². The molecule has 0 amide bonds. The van der Waals surface area contributed by atoms with Crippen molar-refractivity contribution in [3.05, 3.63) is 18.3 Å². The van der Waals surface area contributed by atoms with E-state index in [-0.39, 0.29) is 0 Å². The maximum absolute atomic E-state index is 11.4. The summed E-state index contributed by atoms with van der Waals surface area (Å²) in [5, 5.41) is 0. The average Bonchev–Trinajstić information content (AvgIpc) is 2.12. The van der Waals surface area contributed by atoms with Crippen LogP contribution in [0.4, 0.5) is 13.2 Å². The predicted molar refractivity (Wildman–Crippen MR) is 26.3 cm³/mol. The Bertz CT molecular complexity index is 191. The third-order valence-electron chi connectivity index (χ3n) is 0.730. The SMILES string of the molecule is FC(F)(F)Oc1[c]cc[nH]1. The van der Waals surface area contributed by atoms with Gasteiger partial charge in [0.15, 0.2) is 0 Å². The monoisotopic (exact) mass is 150 g/mol. The highest BCUT2D eigenvalue weighted by atomic mass is 19.4. The number of nitrogens with one attached hydrogen (secondary N) is 1. The van der Waals surface area contributed by atoms with Crippen LogP contribution in [0.1, 0.15) is 0 Å². The Kier molecular flexibility index (Phi) is 1.57. The first kappa shape index (κ1) is 6.98. The molecule has 0 spiro atoms. The van der Waals surface area contributed by atoms with E-state index < -0.39 is 12.2 Å². The van der Waals surface area contributed by atoms with Gasteiger partial charge in [-0.2, -0.15) is 0 Å². The van der Waals surface area contributed by atoms with Gasteiger partial charge in [-0.05, 0) is 6.07 Å². The molecule has 2 nitrogen and oxygen atoms in total. The molecule has 0 saturated heterocycles. The smallest absolute Gasteiger partial charge is 0.389 e. The standard InChI is InChI=1S/C5H3F3NO/c6-5(7,8)10-4-2-1-3-9-4/h1,3,9H. The molecule has 0 bridgehead atoms. The van der Waals surface area contributed by atoms with Crippen molar-refractivity contribution in [2.75, 3.05) is 0 Å². The van der Waals surface area contributed by atoms with Crippen molar-refractivity contribution in [1.82, 2.24) is 4.98 Å². The van der Waals surface area contributed by atoms with E-state index >= 15 is 0 Å². The Morgan fingerprint density at radius 1 is 1.50 bits per heavy atom. The van der Waals surface area contributed by atoms with Crippen molar-refractivity contribution in [3.63, 3.8) is 0 Å². The van der Waals surface area contributed by atoms with Crippen LogP contribution in [0.5, 0.6) is 5.88 Å². The Morgan fingerprint density at radius 3 is 2.60 bits per heavy atom. The minimum Gasteiger partial charge on any atom is -0.389 e. The van der Waals surface area contributed by atoms with Gasteiger partial charge in [-0.15, -0.1) is 13.2 Å². The lowest BCUT2D eigenvalue weighted by Gasteiger charge is -2.04. The van der Waals surface area contributed by atoms with Crippen LogP contribution in [-0.2, 0) is 0 Å². The van der Waals surface area contributed by atoms with E-state index in [1.54, 1.807) is 0 Å². The Morgan fingerprint density at radius 2 is 2.20 bits per heavy atom. The maximum atomic E-state index is 11.4. The number of H-pyrrole nitrogens is 1. The lowest BCUT2D eigenvalue weighted by atomic mass is 10.6. The normalized spacial score (nSPS) is 11.5. The van der Waals surface area contributed by atoms with Gasteiger partial charge < -0.3 is 9.72 Å². The molecule has 0 fully saturated rings. The lowest BCUT2D eigenvalue weighted by Crippen LogP contribution is -2.17. The first-order chi connectivity index (χ1) is 4.58. The molecule has 1 heterocycles. The molecule has 5 heteroatoms. The quantitative estimate of drug-likeness (QED) is 0.647. The number of hydrogen-bond acceptors (Lipinski definition) is 1. The highest BCUT2D eigenvalue weighted by Gasteiger charge is 2.31. The number of hydrogen-bond donors (Lipinski definition) is 1. The highest BCUT2D eigenvalue weighted by Crippen LogP contribution is 2.19. The van der Waals surface area contributed by atoms with Crippen LogP contribution in [0.3, 0.4) is 0 Å². The van der Waals surface area contributed by atoms with E-state index in [1.807, 2.05) is 0 Å². The van der Waals surface area contributed by atoms with Gasteiger partial charge >= 0.3 is 6.36 Å². The second-order valence-corrected chi connectivity index (χ2v) is 1.50. The summed E-state index contributed by atoms with van der Waals surface area (Å²) in [5.74, 6) is -0.424. The minimum absolute atomic E-state index is 0.424. The summed E-state index contributed by atoms with van der Waals surface area (Å²) in [6.45, 7) is 0. The van der Waals surface area contributed by atoms with Crippen LogP contribution in [0.15, 0.2) is 12.3 Å². The van der Waals surface area contributed by atoms with E-state index in [9.17, 15) is 13.2 Å². The predicted octanol–water partition coefficient (Wildman–Crippen LogP) is 1.71. The summed E-state index contributed by atoms with van der Waals surface area (Å²) < 4.78 is 37.5. The largest absolute Gasteiger partial charge is 0.574 e. The van der Waals surface area contributed by atoms with Gasteiger partial charge in [0.25, 0.3) is 0 Å².